The molecule has 0 radical (unpaired) electrons. The van der Waals surface area contributed by atoms with Gasteiger partial charge >= 0.3 is 0 Å². The van der Waals surface area contributed by atoms with E-state index in [1.807, 2.05) is 20.2 Å². The Hall–Kier alpha value is -2.20. The topological polar surface area (TPSA) is 36.4 Å². The molecule has 0 unspecified atom stereocenters. The van der Waals surface area contributed by atoms with Crippen LogP contribution >= 0.6 is 0 Å². The third-order valence-corrected chi connectivity index (χ3v) is 4.60. The summed E-state index contributed by atoms with van der Waals surface area (Å²) in [6, 6.07) is 16.9. The average Bonchev–Trinajstić information content (AvgIpc) is 3.04. The standard InChI is InChI=1S/C20H25N3O/c1-22(2)20(24)15-23-13-7-12-19(23)18-11-6-10-17(21-18)14-16-8-4-3-5-9-16/h3-6,8-11,19H,7,12-15H2,1-2H3/t19-/m1/s1. The fraction of sp³-hybridized carbons (Fsp3) is 0.400. The summed E-state index contributed by atoms with van der Waals surface area (Å²) in [4.78, 5) is 20.9. The van der Waals surface area contributed by atoms with Gasteiger partial charge in [-0.1, -0.05) is 36.4 Å². The molecular weight excluding hydrogens is 298 g/mol. The number of carbonyl (C=O) groups is 1. The molecule has 1 aromatic heterocycles. The van der Waals surface area contributed by atoms with Crippen LogP contribution < -0.4 is 0 Å². The van der Waals surface area contributed by atoms with Crippen molar-refractivity contribution in [1.82, 2.24) is 14.8 Å². The molecule has 0 bridgehead atoms. The van der Waals surface area contributed by atoms with E-state index in [0.29, 0.717) is 6.54 Å². The van der Waals surface area contributed by atoms with Gasteiger partial charge in [-0.05, 0) is 37.1 Å². The lowest BCUT2D eigenvalue weighted by Crippen LogP contribution is -2.36. The van der Waals surface area contributed by atoms with E-state index in [4.69, 9.17) is 4.98 Å². The van der Waals surface area contributed by atoms with Crippen LogP contribution in [0.5, 0.6) is 0 Å². The van der Waals surface area contributed by atoms with Gasteiger partial charge in [-0.3, -0.25) is 14.7 Å². The van der Waals surface area contributed by atoms with Crippen molar-refractivity contribution < 1.29 is 4.79 Å². The van der Waals surface area contributed by atoms with E-state index in [-0.39, 0.29) is 11.9 Å². The van der Waals surface area contributed by atoms with E-state index in [1.165, 1.54) is 5.56 Å². The number of aromatic nitrogens is 1. The second kappa shape index (κ2) is 7.58. The summed E-state index contributed by atoms with van der Waals surface area (Å²) in [6.45, 7) is 1.44. The highest BCUT2D eigenvalue weighted by Crippen LogP contribution is 2.30. The molecule has 2 heterocycles. The molecule has 0 spiro atoms. The third-order valence-electron chi connectivity index (χ3n) is 4.60. The number of rotatable bonds is 5. The molecule has 1 aliphatic rings. The van der Waals surface area contributed by atoms with Crippen LogP contribution in [0.4, 0.5) is 0 Å². The lowest BCUT2D eigenvalue weighted by Gasteiger charge is -2.25. The Balaban J connectivity index is 1.74. The molecule has 1 aliphatic heterocycles. The number of hydrogen-bond donors (Lipinski definition) is 0. The summed E-state index contributed by atoms with van der Waals surface area (Å²) in [6.07, 6.45) is 3.04. The predicted molar refractivity (Wildman–Crippen MR) is 95.7 cm³/mol. The highest BCUT2D eigenvalue weighted by Gasteiger charge is 2.29. The summed E-state index contributed by atoms with van der Waals surface area (Å²) in [7, 11) is 3.62. The number of benzene rings is 1. The zero-order chi connectivity index (χ0) is 16.9. The van der Waals surface area contributed by atoms with E-state index in [0.717, 1.165) is 37.2 Å². The number of pyridine rings is 1. The highest BCUT2D eigenvalue weighted by molar-refractivity contribution is 5.77. The molecular formula is C20H25N3O. The van der Waals surface area contributed by atoms with Crippen LogP contribution in [0.3, 0.4) is 0 Å². The molecule has 0 aliphatic carbocycles. The maximum atomic E-state index is 12.0. The van der Waals surface area contributed by atoms with Gasteiger partial charge in [-0.25, -0.2) is 0 Å². The lowest BCUT2D eigenvalue weighted by atomic mass is 10.1. The van der Waals surface area contributed by atoms with Crippen LogP contribution in [0.15, 0.2) is 48.5 Å². The molecule has 1 saturated heterocycles. The first kappa shape index (κ1) is 16.7. The Bertz CT molecular complexity index is 684. The smallest absolute Gasteiger partial charge is 0.236 e. The van der Waals surface area contributed by atoms with Crippen LogP contribution in [0.1, 0.15) is 35.8 Å². The molecule has 1 atom stereocenters. The number of amides is 1. The van der Waals surface area contributed by atoms with Crippen molar-refractivity contribution in [3.8, 4) is 0 Å². The molecule has 1 fully saturated rings. The summed E-state index contributed by atoms with van der Waals surface area (Å²) in [5.74, 6) is 0.155. The summed E-state index contributed by atoms with van der Waals surface area (Å²) >= 11 is 0. The van der Waals surface area contributed by atoms with E-state index >= 15 is 0 Å². The van der Waals surface area contributed by atoms with E-state index in [2.05, 4.69) is 47.4 Å². The summed E-state index contributed by atoms with van der Waals surface area (Å²) < 4.78 is 0. The maximum absolute atomic E-state index is 12.0. The van der Waals surface area contributed by atoms with Gasteiger partial charge in [-0.15, -0.1) is 0 Å². The van der Waals surface area contributed by atoms with Crippen LogP contribution in [-0.4, -0.2) is 47.9 Å². The van der Waals surface area contributed by atoms with Gasteiger partial charge in [-0.2, -0.15) is 0 Å². The zero-order valence-corrected chi connectivity index (χ0v) is 14.5. The fourth-order valence-corrected chi connectivity index (χ4v) is 3.25. The molecule has 4 nitrogen and oxygen atoms in total. The molecule has 3 rings (SSSR count). The van der Waals surface area contributed by atoms with Gasteiger partial charge < -0.3 is 4.90 Å². The third kappa shape index (κ3) is 4.01. The Morgan fingerprint density at radius 3 is 2.71 bits per heavy atom. The second-order valence-corrected chi connectivity index (χ2v) is 6.63. The number of nitrogens with zero attached hydrogens (tertiary/aromatic N) is 3. The van der Waals surface area contributed by atoms with Crippen molar-refractivity contribution in [3.63, 3.8) is 0 Å². The zero-order valence-electron chi connectivity index (χ0n) is 14.5. The fourth-order valence-electron chi connectivity index (χ4n) is 3.25. The Morgan fingerprint density at radius 1 is 1.17 bits per heavy atom. The average molecular weight is 323 g/mol. The monoisotopic (exact) mass is 323 g/mol. The number of carbonyl (C=O) groups excluding carboxylic acids is 1. The molecule has 1 aromatic carbocycles. The minimum atomic E-state index is 0.155. The van der Waals surface area contributed by atoms with Crippen LogP contribution in [0, 0.1) is 0 Å². The quantitative estimate of drug-likeness (QED) is 0.849. The van der Waals surface area contributed by atoms with E-state index < -0.39 is 0 Å². The van der Waals surface area contributed by atoms with Gasteiger partial charge in [0.25, 0.3) is 0 Å². The van der Waals surface area contributed by atoms with Crippen molar-refractivity contribution in [2.45, 2.75) is 25.3 Å². The highest BCUT2D eigenvalue weighted by atomic mass is 16.2. The van der Waals surface area contributed by atoms with Crippen LogP contribution in [0.2, 0.25) is 0 Å². The first-order valence-corrected chi connectivity index (χ1v) is 8.57. The van der Waals surface area contributed by atoms with Crippen molar-refractivity contribution in [2.24, 2.45) is 0 Å². The first-order chi connectivity index (χ1) is 11.6. The minimum absolute atomic E-state index is 0.155. The van der Waals surface area contributed by atoms with Crippen molar-refractivity contribution in [3.05, 3.63) is 65.5 Å². The van der Waals surface area contributed by atoms with Gasteiger partial charge in [0.2, 0.25) is 5.91 Å². The lowest BCUT2D eigenvalue weighted by molar-refractivity contribution is -0.130. The molecule has 4 heteroatoms. The molecule has 24 heavy (non-hydrogen) atoms. The van der Waals surface area contributed by atoms with Gasteiger partial charge in [0.05, 0.1) is 18.3 Å². The molecule has 2 aromatic rings. The van der Waals surface area contributed by atoms with Crippen molar-refractivity contribution in [1.29, 1.82) is 0 Å². The minimum Gasteiger partial charge on any atom is -0.348 e. The van der Waals surface area contributed by atoms with Gasteiger partial charge in [0, 0.05) is 26.2 Å². The molecule has 0 saturated carbocycles. The molecule has 0 N–H and O–H groups in total. The van der Waals surface area contributed by atoms with E-state index in [1.54, 1.807) is 4.90 Å². The normalized spacial score (nSPS) is 17.8. The first-order valence-electron chi connectivity index (χ1n) is 8.57. The summed E-state index contributed by atoms with van der Waals surface area (Å²) in [5, 5.41) is 0. The van der Waals surface area contributed by atoms with E-state index in [9.17, 15) is 4.79 Å². The SMILES string of the molecule is CN(C)C(=O)CN1CCC[C@@H]1c1cccc(Cc2ccccc2)n1. The maximum Gasteiger partial charge on any atom is 0.236 e. The number of likely N-dealkylation sites (tertiary alicyclic amines) is 1. The Morgan fingerprint density at radius 2 is 1.96 bits per heavy atom. The molecule has 1 amide bonds. The van der Waals surface area contributed by atoms with Crippen molar-refractivity contribution >= 4 is 5.91 Å². The van der Waals surface area contributed by atoms with Crippen molar-refractivity contribution in [2.75, 3.05) is 27.2 Å². The summed E-state index contributed by atoms with van der Waals surface area (Å²) in [5.41, 5.74) is 3.45. The number of hydrogen-bond acceptors (Lipinski definition) is 3. The molecule has 126 valence electrons. The van der Waals surface area contributed by atoms with Crippen LogP contribution in [-0.2, 0) is 11.2 Å². The Kier molecular flexibility index (Phi) is 5.26. The van der Waals surface area contributed by atoms with Crippen LogP contribution in [0.25, 0.3) is 0 Å². The second-order valence-electron chi connectivity index (χ2n) is 6.63. The predicted octanol–water partition coefficient (Wildman–Crippen LogP) is 2.90. The van der Waals surface area contributed by atoms with Gasteiger partial charge in [0.1, 0.15) is 0 Å². The largest absolute Gasteiger partial charge is 0.348 e. The van der Waals surface area contributed by atoms with Gasteiger partial charge in [0.15, 0.2) is 0 Å². The number of likely N-dealkylation sites (N-methyl/N-ethyl adjacent to an activating group) is 1. The Labute approximate surface area is 144 Å².